The predicted octanol–water partition coefficient (Wildman–Crippen LogP) is 2.51. The fourth-order valence-corrected chi connectivity index (χ4v) is 2.93. The van der Waals surface area contributed by atoms with Crippen LogP contribution < -0.4 is 15.0 Å². The molecule has 0 saturated carbocycles. The van der Waals surface area contributed by atoms with E-state index in [9.17, 15) is 4.79 Å². The van der Waals surface area contributed by atoms with Crippen LogP contribution in [0.5, 0.6) is 5.75 Å². The molecule has 1 N–H and O–H groups in total. The Kier molecular flexibility index (Phi) is 5.73. The molecular formula is C18H20ClN3O3. The van der Waals surface area contributed by atoms with Crippen LogP contribution in [0.4, 0.5) is 5.82 Å². The molecule has 1 aromatic carbocycles. The average molecular weight is 362 g/mol. The van der Waals surface area contributed by atoms with Crippen molar-refractivity contribution in [3.05, 3.63) is 52.7 Å². The molecule has 0 spiro atoms. The van der Waals surface area contributed by atoms with Gasteiger partial charge in [0.25, 0.3) is 5.91 Å². The number of amides is 1. The van der Waals surface area contributed by atoms with Crippen molar-refractivity contribution in [2.75, 3.05) is 38.3 Å². The molecule has 1 amide bonds. The van der Waals surface area contributed by atoms with E-state index >= 15 is 0 Å². The highest BCUT2D eigenvalue weighted by molar-refractivity contribution is 6.31. The molecule has 2 heterocycles. The highest BCUT2D eigenvalue weighted by Gasteiger charge is 2.17. The minimum Gasteiger partial charge on any atom is -0.496 e. The lowest BCUT2D eigenvalue weighted by Crippen LogP contribution is -2.37. The van der Waals surface area contributed by atoms with Crippen LogP contribution in [0, 0.1) is 0 Å². The van der Waals surface area contributed by atoms with Gasteiger partial charge in [0.2, 0.25) is 0 Å². The maximum absolute atomic E-state index is 12.5. The summed E-state index contributed by atoms with van der Waals surface area (Å²) >= 11 is 6.00. The Balaban J connectivity index is 1.73. The minimum atomic E-state index is -0.240. The number of hydrogen-bond donors (Lipinski definition) is 1. The van der Waals surface area contributed by atoms with Crippen LogP contribution in [0.3, 0.4) is 0 Å². The third kappa shape index (κ3) is 4.21. The second-order valence-electron chi connectivity index (χ2n) is 5.61. The summed E-state index contributed by atoms with van der Waals surface area (Å²) in [5.41, 5.74) is 1.37. The van der Waals surface area contributed by atoms with Gasteiger partial charge in [0, 0.05) is 36.4 Å². The summed E-state index contributed by atoms with van der Waals surface area (Å²) in [6, 6.07) is 8.80. The Labute approximate surface area is 151 Å². The van der Waals surface area contributed by atoms with Crippen molar-refractivity contribution < 1.29 is 14.3 Å². The number of morpholine rings is 1. The topological polar surface area (TPSA) is 63.7 Å². The summed E-state index contributed by atoms with van der Waals surface area (Å²) in [7, 11) is 1.53. The lowest BCUT2D eigenvalue weighted by molar-refractivity contribution is 0.0947. The van der Waals surface area contributed by atoms with E-state index in [0.717, 1.165) is 24.5 Å². The first-order valence-electron chi connectivity index (χ1n) is 8.07. The normalized spacial score (nSPS) is 14.2. The zero-order valence-corrected chi connectivity index (χ0v) is 14.8. The van der Waals surface area contributed by atoms with Gasteiger partial charge in [-0.2, -0.15) is 0 Å². The summed E-state index contributed by atoms with van der Waals surface area (Å²) in [4.78, 5) is 19.2. The van der Waals surface area contributed by atoms with E-state index in [4.69, 9.17) is 21.1 Å². The molecule has 2 aromatic rings. The van der Waals surface area contributed by atoms with Gasteiger partial charge in [-0.15, -0.1) is 0 Å². The summed E-state index contributed by atoms with van der Waals surface area (Å²) in [5, 5.41) is 3.41. The van der Waals surface area contributed by atoms with Gasteiger partial charge < -0.3 is 19.7 Å². The van der Waals surface area contributed by atoms with E-state index in [0.29, 0.717) is 36.1 Å². The molecule has 6 nitrogen and oxygen atoms in total. The molecular weight excluding hydrogens is 342 g/mol. The van der Waals surface area contributed by atoms with Crippen molar-refractivity contribution in [2.45, 2.75) is 6.54 Å². The number of nitrogens with one attached hydrogen (secondary N) is 1. The van der Waals surface area contributed by atoms with Gasteiger partial charge in [-0.1, -0.05) is 17.7 Å². The molecule has 0 aliphatic carbocycles. The first-order chi connectivity index (χ1) is 12.2. The largest absolute Gasteiger partial charge is 0.496 e. The van der Waals surface area contributed by atoms with Crippen LogP contribution in [-0.2, 0) is 11.3 Å². The average Bonchev–Trinajstić information content (AvgIpc) is 2.67. The molecule has 1 fully saturated rings. The fraction of sp³-hybridized carbons (Fsp3) is 0.333. The number of pyridine rings is 1. The first-order valence-corrected chi connectivity index (χ1v) is 8.45. The summed E-state index contributed by atoms with van der Waals surface area (Å²) in [6.45, 7) is 3.32. The number of hydrogen-bond acceptors (Lipinski definition) is 5. The molecule has 1 saturated heterocycles. The molecule has 1 aliphatic heterocycles. The zero-order chi connectivity index (χ0) is 17.6. The molecule has 25 heavy (non-hydrogen) atoms. The third-order valence-corrected chi connectivity index (χ3v) is 4.26. The number of rotatable bonds is 5. The van der Waals surface area contributed by atoms with E-state index in [1.165, 1.54) is 7.11 Å². The Morgan fingerprint density at radius 1 is 1.36 bits per heavy atom. The van der Waals surface area contributed by atoms with Crippen molar-refractivity contribution in [3.63, 3.8) is 0 Å². The molecule has 1 aliphatic rings. The van der Waals surface area contributed by atoms with E-state index in [2.05, 4.69) is 15.2 Å². The number of ether oxygens (including phenoxy) is 2. The van der Waals surface area contributed by atoms with Gasteiger partial charge in [-0.25, -0.2) is 4.98 Å². The summed E-state index contributed by atoms with van der Waals surface area (Å²) in [5.74, 6) is 1.13. The van der Waals surface area contributed by atoms with Gasteiger partial charge >= 0.3 is 0 Å². The van der Waals surface area contributed by atoms with Crippen LogP contribution in [0.25, 0.3) is 0 Å². The lowest BCUT2D eigenvalue weighted by Gasteiger charge is -2.29. The van der Waals surface area contributed by atoms with Gasteiger partial charge in [-0.3, -0.25) is 4.79 Å². The number of methoxy groups -OCH3 is 1. The van der Waals surface area contributed by atoms with Gasteiger partial charge in [0.05, 0.1) is 25.9 Å². The fourth-order valence-electron chi connectivity index (χ4n) is 2.76. The van der Waals surface area contributed by atoms with Crippen LogP contribution >= 0.6 is 11.6 Å². The molecule has 0 bridgehead atoms. The van der Waals surface area contributed by atoms with Crippen molar-refractivity contribution in [1.29, 1.82) is 0 Å². The number of aromatic nitrogens is 1. The Morgan fingerprint density at radius 3 is 2.92 bits per heavy atom. The van der Waals surface area contributed by atoms with Gasteiger partial charge in [-0.05, 0) is 24.3 Å². The highest BCUT2D eigenvalue weighted by Crippen LogP contribution is 2.23. The van der Waals surface area contributed by atoms with Crippen molar-refractivity contribution in [2.24, 2.45) is 0 Å². The van der Waals surface area contributed by atoms with E-state index in [1.54, 1.807) is 24.4 Å². The Hall–Kier alpha value is -2.31. The molecule has 132 valence electrons. The smallest absolute Gasteiger partial charge is 0.255 e. The predicted molar refractivity (Wildman–Crippen MR) is 96.4 cm³/mol. The number of carbonyl (C=O) groups excluding carboxylic acids is 1. The second-order valence-corrected chi connectivity index (χ2v) is 6.05. The summed E-state index contributed by atoms with van der Waals surface area (Å²) in [6.07, 6.45) is 1.76. The van der Waals surface area contributed by atoms with E-state index in [-0.39, 0.29) is 5.91 Å². The van der Waals surface area contributed by atoms with Crippen LogP contribution in [0.2, 0.25) is 5.02 Å². The van der Waals surface area contributed by atoms with Gasteiger partial charge in [0.15, 0.2) is 0 Å². The number of benzene rings is 1. The quantitative estimate of drug-likeness (QED) is 0.886. The Morgan fingerprint density at radius 2 is 2.16 bits per heavy atom. The number of nitrogens with zero attached hydrogens (tertiary/aromatic N) is 2. The molecule has 0 radical (unpaired) electrons. The molecule has 0 unspecified atom stereocenters. The number of halogens is 1. The van der Waals surface area contributed by atoms with Gasteiger partial charge in [0.1, 0.15) is 11.6 Å². The standard InChI is InChI=1S/C18H20ClN3O3/c1-24-16-5-4-14(19)11-15(16)18(23)21-12-13-3-2-6-20-17(13)22-7-9-25-10-8-22/h2-6,11H,7-10,12H2,1H3,(H,21,23). The number of carbonyl (C=O) groups is 1. The molecule has 0 atom stereocenters. The van der Waals surface area contributed by atoms with Crippen molar-refractivity contribution in [1.82, 2.24) is 10.3 Å². The monoisotopic (exact) mass is 361 g/mol. The summed E-state index contributed by atoms with van der Waals surface area (Å²) < 4.78 is 10.6. The highest BCUT2D eigenvalue weighted by atomic mass is 35.5. The van der Waals surface area contributed by atoms with Crippen LogP contribution in [0.1, 0.15) is 15.9 Å². The maximum Gasteiger partial charge on any atom is 0.255 e. The number of anilines is 1. The molecule has 1 aromatic heterocycles. The van der Waals surface area contributed by atoms with E-state index in [1.807, 2.05) is 12.1 Å². The van der Waals surface area contributed by atoms with Crippen molar-refractivity contribution >= 4 is 23.3 Å². The molecule has 7 heteroatoms. The third-order valence-electron chi connectivity index (χ3n) is 4.02. The van der Waals surface area contributed by atoms with Crippen LogP contribution in [0.15, 0.2) is 36.5 Å². The maximum atomic E-state index is 12.5. The zero-order valence-electron chi connectivity index (χ0n) is 14.0. The Bertz CT molecular complexity index is 748. The molecule has 3 rings (SSSR count). The minimum absolute atomic E-state index is 0.240. The van der Waals surface area contributed by atoms with Crippen molar-refractivity contribution in [3.8, 4) is 5.75 Å². The lowest BCUT2D eigenvalue weighted by atomic mass is 10.1. The second kappa shape index (κ2) is 8.18. The van der Waals surface area contributed by atoms with Crippen LogP contribution in [-0.4, -0.2) is 44.3 Å². The first kappa shape index (κ1) is 17.5. The SMILES string of the molecule is COc1ccc(Cl)cc1C(=O)NCc1cccnc1N1CCOCC1. The van der Waals surface area contributed by atoms with E-state index < -0.39 is 0 Å².